The van der Waals surface area contributed by atoms with Gasteiger partial charge in [-0.15, -0.1) is 0 Å². The van der Waals surface area contributed by atoms with E-state index in [-0.39, 0.29) is 24.3 Å². The molecule has 2 atom stereocenters. The fourth-order valence-corrected chi connectivity index (χ4v) is 4.16. The molecular formula is C27H31N3O3. The number of carbonyl (C=O) groups is 2. The number of esters is 1. The van der Waals surface area contributed by atoms with E-state index in [9.17, 15) is 9.59 Å². The molecule has 0 aliphatic heterocycles. The molecule has 1 aliphatic rings. The largest absolute Gasteiger partial charge is 0.460 e. The van der Waals surface area contributed by atoms with Crippen molar-refractivity contribution in [3.63, 3.8) is 0 Å². The van der Waals surface area contributed by atoms with Gasteiger partial charge in [0.2, 0.25) is 0 Å². The molecule has 0 bridgehead atoms. The van der Waals surface area contributed by atoms with Crippen molar-refractivity contribution in [2.24, 2.45) is 0 Å². The summed E-state index contributed by atoms with van der Waals surface area (Å²) in [5.74, 6) is 0.0133. The maximum absolute atomic E-state index is 12.9. The molecule has 0 saturated heterocycles. The highest BCUT2D eigenvalue weighted by molar-refractivity contribution is 5.95. The first-order valence-corrected chi connectivity index (χ1v) is 11.4. The Balaban J connectivity index is 1.48. The van der Waals surface area contributed by atoms with Gasteiger partial charge in [-0.25, -0.2) is 4.68 Å². The van der Waals surface area contributed by atoms with Crippen LogP contribution in [0, 0.1) is 13.8 Å². The number of carbonyl (C=O) groups excluding carboxylic acids is 2. The van der Waals surface area contributed by atoms with Crippen molar-refractivity contribution < 1.29 is 14.3 Å². The van der Waals surface area contributed by atoms with Crippen LogP contribution in [0.5, 0.6) is 0 Å². The van der Waals surface area contributed by atoms with Crippen molar-refractivity contribution in [2.45, 2.75) is 65.0 Å². The van der Waals surface area contributed by atoms with E-state index < -0.39 is 5.60 Å². The van der Waals surface area contributed by atoms with Gasteiger partial charge in [-0.2, -0.15) is 5.10 Å². The van der Waals surface area contributed by atoms with Gasteiger partial charge in [0, 0.05) is 28.8 Å². The summed E-state index contributed by atoms with van der Waals surface area (Å²) in [5, 5.41) is 7.78. The molecule has 1 heterocycles. The summed E-state index contributed by atoms with van der Waals surface area (Å²) in [5.41, 5.74) is 4.60. The van der Waals surface area contributed by atoms with Gasteiger partial charge in [0.1, 0.15) is 5.60 Å². The van der Waals surface area contributed by atoms with Crippen LogP contribution in [0.4, 0.5) is 0 Å². The second kappa shape index (κ2) is 8.85. The van der Waals surface area contributed by atoms with Crippen LogP contribution in [0.3, 0.4) is 0 Å². The van der Waals surface area contributed by atoms with Crippen LogP contribution in [0.25, 0.3) is 5.69 Å². The fourth-order valence-electron chi connectivity index (χ4n) is 4.16. The lowest BCUT2D eigenvalue weighted by atomic mass is 10.1. The Morgan fingerprint density at radius 1 is 1.09 bits per heavy atom. The molecule has 1 saturated carbocycles. The van der Waals surface area contributed by atoms with Crippen molar-refractivity contribution >= 4 is 11.9 Å². The molecule has 1 N–H and O–H groups in total. The summed E-state index contributed by atoms with van der Waals surface area (Å²) in [4.78, 5) is 25.2. The molecule has 3 aromatic rings. The fraction of sp³-hybridized carbons (Fsp3) is 0.370. The Morgan fingerprint density at radius 2 is 1.82 bits per heavy atom. The van der Waals surface area contributed by atoms with Crippen LogP contribution in [0.2, 0.25) is 0 Å². The number of nitrogens with one attached hydrogen (secondary N) is 1. The second-order valence-electron chi connectivity index (χ2n) is 9.71. The molecule has 4 rings (SSSR count). The van der Waals surface area contributed by atoms with Crippen LogP contribution < -0.4 is 5.32 Å². The Kier molecular flexibility index (Phi) is 6.11. The van der Waals surface area contributed by atoms with Crippen LogP contribution in [0.1, 0.15) is 66.0 Å². The Labute approximate surface area is 195 Å². The van der Waals surface area contributed by atoms with Crippen molar-refractivity contribution in [3.8, 4) is 5.69 Å². The molecule has 1 amide bonds. The third-order valence-corrected chi connectivity index (χ3v) is 5.87. The minimum Gasteiger partial charge on any atom is -0.460 e. The molecule has 1 aliphatic carbocycles. The highest BCUT2D eigenvalue weighted by Crippen LogP contribution is 2.40. The van der Waals surface area contributed by atoms with E-state index in [0.717, 1.165) is 29.1 Å². The molecule has 1 aromatic heterocycles. The van der Waals surface area contributed by atoms with Crippen LogP contribution >= 0.6 is 0 Å². The quantitative estimate of drug-likeness (QED) is 0.560. The van der Waals surface area contributed by atoms with E-state index in [1.165, 1.54) is 5.56 Å². The summed E-state index contributed by atoms with van der Waals surface area (Å²) in [6, 6.07) is 17.9. The third-order valence-electron chi connectivity index (χ3n) is 5.87. The topological polar surface area (TPSA) is 73.2 Å². The lowest BCUT2D eigenvalue weighted by Gasteiger charge is -2.19. The maximum Gasteiger partial charge on any atom is 0.310 e. The number of hydrogen-bond acceptors (Lipinski definition) is 4. The van der Waals surface area contributed by atoms with Gasteiger partial charge in [-0.05, 0) is 64.8 Å². The van der Waals surface area contributed by atoms with Crippen molar-refractivity contribution in [2.75, 3.05) is 0 Å². The summed E-state index contributed by atoms with van der Waals surface area (Å²) >= 11 is 0. The Hall–Kier alpha value is -3.41. The van der Waals surface area contributed by atoms with E-state index in [2.05, 4.69) is 22.5 Å². The summed E-state index contributed by atoms with van der Waals surface area (Å²) < 4.78 is 7.26. The Bertz CT molecular complexity index is 1180. The van der Waals surface area contributed by atoms with Crippen LogP contribution in [-0.4, -0.2) is 33.3 Å². The molecular weight excluding hydrogens is 414 g/mol. The van der Waals surface area contributed by atoms with Gasteiger partial charge in [-0.3, -0.25) is 9.59 Å². The van der Waals surface area contributed by atoms with Gasteiger partial charge >= 0.3 is 5.97 Å². The van der Waals surface area contributed by atoms with Crippen LogP contribution in [-0.2, 0) is 16.0 Å². The van der Waals surface area contributed by atoms with Crippen LogP contribution in [0.15, 0.2) is 54.6 Å². The van der Waals surface area contributed by atoms with Gasteiger partial charge in [-0.1, -0.05) is 36.4 Å². The number of amides is 1. The summed E-state index contributed by atoms with van der Waals surface area (Å²) in [6.07, 6.45) is 1.12. The molecule has 0 spiro atoms. The van der Waals surface area contributed by atoms with E-state index in [1.807, 2.05) is 77.1 Å². The van der Waals surface area contributed by atoms with E-state index in [4.69, 9.17) is 4.74 Å². The number of benzene rings is 2. The monoisotopic (exact) mass is 445 g/mol. The highest BCUT2D eigenvalue weighted by atomic mass is 16.6. The predicted octanol–water partition coefficient (Wildman–Crippen LogP) is 4.66. The zero-order chi connectivity index (χ0) is 23.8. The molecule has 2 aromatic carbocycles. The minimum atomic E-state index is -0.530. The Morgan fingerprint density at radius 3 is 2.52 bits per heavy atom. The zero-order valence-corrected chi connectivity index (χ0v) is 19.9. The highest BCUT2D eigenvalue weighted by Gasteiger charge is 2.39. The average molecular weight is 446 g/mol. The number of rotatable bonds is 6. The molecule has 6 heteroatoms. The summed E-state index contributed by atoms with van der Waals surface area (Å²) in [7, 11) is 0. The first-order chi connectivity index (χ1) is 15.6. The molecule has 6 nitrogen and oxygen atoms in total. The lowest BCUT2D eigenvalue weighted by molar-refractivity contribution is -0.153. The standard InChI is InChI=1S/C27H31N3O3/c1-17-22(16-25(31)33-27(3,4)5)18(2)30(29-17)21-13-9-12-20(14-21)26(32)28-24-15-23(24)19-10-7-6-8-11-19/h6-14,23-24H,15-16H2,1-5H3,(H,28,32)/t23-,24?/m0/s1. The van der Waals surface area contributed by atoms with Gasteiger partial charge in [0.15, 0.2) is 0 Å². The number of hydrogen-bond donors (Lipinski definition) is 1. The number of aryl methyl sites for hydroxylation is 1. The number of nitrogens with zero attached hydrogens (tertiary/aromatic N) is 2. The molecule has 172 valence electrons. The smallest absolute Gasteiger partial charge is 0.310 e. The lowest BCUT2D eigenvalue weighted by Crippen LogP contribution is -2.26. The SMILES string of the molecule is Cc1nn(-c2cccc(C(=O)NC3C[C@H]3c3ccccc3)c2)c(C)c1CC(=O)OC(C)(C)C. The van der Waals surface area contributed by atoms with Gasteiger partial charge in [0.05, 0.1) is 17.8 Å². The molecule has 1 unspecified atom stereocenters. The van der Waals surface area contributed by atoms with E-state index in [0.29, 0.717) is 11.5 Å². The first kappa shape index (κ1) is 22.8. The third kappa shape index (κ3) is 5.33. The average Bonchev–Trinajstić information content (AvgIpc) is 3.47. The minimum absolute atomic E-state index is 0.0872. The van der Waals surface area contributed by atoms with E-state index in [1.54, 1.807) is 4.68 Å². The van der Waals surface area contributed by atoms with Gasteiger partial charge in [0.25, 0.3) is 5.91 Å². The van der Waals surface area contributed by atoms with Crippen molar-refractivity contribution in [3.05, 3.63) is 82.7 Å². The molecule has 33 heavy (non-hydrogen) atoms. The zero-order valence-electron chi connectivity index (χ0n) is 19.9. The number of aromatic nitrogens is 2. The molecule has 1 fully saturated rings. The predicted molar refractivity (Wildman–Crippen MR) is 128 cm³/mol. The van der Waals surface area contributed by atoms with Gasteiger partial charge < -0.3 is 10.1 Å². The van der Waals surface area contributed by atoms with E-state index >= 15 is 0 Å². The summed E-state index contributed by atoms with van der Waals surface area (Å²) in [6.45, 7) is 9.38. The van der Waals surface area contributed by atoms with Crippen molar-refractivity contribution in [1.82, 2.24) is 15.1 Å². The second-order valence-corrected chi connectivity index (χ2v) is 9.71. The molecule has 0 radical (unpaired) electrons. The van der Waals surface area contributed by atoms with Crippen molar-refractivity contribution in [1.29, 1.82) is 0 Å². The first-order valence-electron chi connectivity index (χ1n) is 11.4. The maximum atomic E-state index is 12.9. The normalized spacial score (nSPS) is 17.5. The number of ether oxygens (including phenoxy) is 1.